The average molecular weight is 356 g/mol. The van der Waals surface area contributed by atoms with Crippen LogP contribution in [0.5, 0.6) is 0 Å². The van der Waals surface area contributed by atoms with Crippen LogP contribution in [0.15, 0.2) is 64.4 Å². The fraction of sp³-hybridized carbons (Fsp3) is 0.111. The van der Waals surface area contributed by atoms with E-state index in [-0.39, 0.29) is 5.25 Å². The van der Waals surface area contributed by atoms with Gasteiger partial charge in [0.15, 0.2) is 0 Å². The Morgan fingerprint density at radius 3 is 2.75 bits per heavy atom. The van der Waals surface area contributed by atoms with Crippen LogP contribution >= 0.6 is 23.4 Å². The Morgan fingerprint density at radius 1 is 1.08 bits per heavy atom. The summed E-state index contributed by atoms with van der Waals surface area (Å²) < 4.78 is 5.85. The molecule has 0 radical (unpaired) electrons. The largest absolute Gasteiger partial charge is 0.411 e. The number of H-pyrrole nitrogens is 1. The van der Waals surface area contributed by atoms with Gasteiger partial charge in [-0.3, -0.25) is 0 Å². The van der Waals surface area contributed by atoms with Crippen LogP contribution < -0.4 is 0 Å². The molecule has 0 saturated heterocycles. The van der Waals surface area contributed by atoms with Gasteiger partial charge in [0.05, 0.1) is 5.56 Å². The van der Waals surface area contributed by atoms with Gasteiger partial charge in [-0.15, -0.1) is 10.2 Å². The highest BCUT2D eigenvalue weighted by atomic mass is 35.5. The molecule has 1 unspecified atom stereocenters. The standard InChI is InChI=1S/C18H14ClN3OS/c1-11(12-6-2-4-8-15(12)19)24-18-22-21-17(23-18)14-10-20-16-9-5-3-7-13(14)16/h2-11,20H,1H3. The first-order chi connectivity index (χ1) is 11.7. The first-order valence-corrected chi connectivity index (χ1v) is 8.79. The van der Waals surface area contributed by atoms with Crippen LogP contribution in [0.2, 0.25) is 5.02 Å². The first-order valence-electron chi connectivity index (χ1n) is 7.53. The van der Waals surface area contributed by atoms with E-state index in [4.69, 9.17) is 16.0 Å². The normalized spacial score (nSPS) is 12.6. The zero-order valence-electron chi connectivity index (χ0n) is 12.9. The van der Waals surface area contributed by atoms with Crippen molar-refractivity contribution in [3.05, 3.63) is 65.3 Å². The van der Waals surface area contributed by atoms with E-state index in [2.05, 4.69) is 22.1 Å². The molecule has 4 rings (SSSR count). The van der Waals surface area contributed by atoms with Gasteiger partial charge in [-0.1, -0.05) is 59.8 Å². The topological polar surface area (TPSA) is 54.7 Å². The summed E-state index contributed by atoms with van der Waals surface area (Å²) in [5.41, 5.74) is 3.01. The van der Waals surface area contributed by atoms with Crippen molar-refractivity contribution in [3.8, 4) is 11.5 Å². The second-order valence-electron chi connectivity index (χ2n) is 5.40. The Hall–Kier alpha value is -2.24. The highest BCUT2D eigenvalue weighted by Gasteiger charge is 2.17. The number of para-hydroxylation sites is 1. The predicted octanol–water partition coefficient (Wildman–Crippen LogP) is 5.72. The Labute approximate surface area is 148 Å². The fourth-order valence-electron chi connectivity index (χ4n) is 2.63. The zero-order valence-corrected chi connectivity index (χ0v) is 14.4. The van der Waals surface area contributed by atoms with Gasteiger partial charge >= 0.3 is 0 Å². The zero-order chi connectivity index (χ0) is 16.5. The second kappa shape index (κ2) is 6.34. The van der Waals surface area contributed by atoms with Gasteiger partial charge in [-0.2, -0.15) is 0 Å². The number of thioether (sulfide) groups is 1. The van der Waals surface area contributed by atoms with Crippen molar-refractivity contribution in [2.45, 2.75) is 17.4 Å². The van der Waals surface area contributed by atoms with E-state index in [0.717, 1.165) is 27.1 Å². The van der Waals surface area contributed by atoms with Gasteiger partial charge in [0.25, 0.3) is 11.1 Å². The van der Waals surface area contributed by atoms with Crippen LogP contribution in [0.25, 0.3) is 22.4 Å². The number of aromatic amines is 1. The van der Waals surface area contributed by atoms with Gasteiger partial charge in [-0.05, 0) is 24.6 Å². The second-order valence-corrected chi connectivity index (χ2v) is 7.10. The average Bonchev–Trinajstić information content (AvgIpc) is 3.21. The third kappa shape index (κ3) is 2.81. The minimum Gasteiger partial charge on any atom is -0.411 e. The minimum absolute atomic E-state index is 0.120. The maximum atomic E-state index is 6.25. The molecule has 0 aliphatic carbocycles. The molecule has 2 heterocycles. The first kappa shape index (κ1) is 15.3. The number of fused-ring (bicyclic) bond motifs is 1. The van der Waals surface area contributed by atoms with Crippen molar-refractivity contribution in [3.63, 3.8) is 0 Å². The van der Waals surface area contributed by atoms with Crippen LogP contribution in [0.3, 0.4) is 0 Å². The highest BCUT2D eigenvalue weighted by Crippen LogP contribution is 2.38. The molecule has 6 heteroatoms. The summed E-state index contributed by atoms with van der Waals surface area (Å²) >= 11 is 7.75. The van der Waals surface area contributed by atoms with E-state index < -0.39 is 0 Å². The fourth-order valence-corrected chi connectivity index (χ4v) is 3.85. The lowest BCUT2D eigenvalue weighted by Gasteiger charge is -2.10. The summed E-state index contributed by atoms with van der Waals surface area (Å²) in [7, 11) is 0. The molecule has 0 spiro atoms. The predicted molar refractivity (Wildman–Crippen MR) is 97.3 cm³/mol. The van der Waals surface area contributed by atoms with Gasteiger partial charge in [-0.25, -0.2) is 0 Å². The molecule has 0 aliphatic heterocycles. The number of rotatable bonds is 4. The molecule has 4 nitrogen and oxygen atoms in total. The van der Waals surface area contributed by atoms with E-state index in [1.807, 2.05) is 54.7 Å². The van der Waals surface area contributed by atoms with Crippen LogP contribution in [0.4, 0.5) is 0 Å². The smallest absolute Gasteiger partial charge is 0.277 e. The lowest BCUT2D eigenvalue weighted by molar-refractivity contribution is 0.465. The van der Waals surface area contributed by atoms with E-state index >= 15 is 0 Å². The van der Waals surface area contributed by atoms with Gasteiger partial charge in [0.1, 0.15) is 0 Å². The summed E-state index contributed by atoms with van der Waals surface area (Å²) in [5, 5.41) is 10.8. The van der Waals surface area contributed by atoms with E-state index in [1.165, 1.54) is 11.8 Å². The number of benzene rings is 2. The summed E-state index contributed by atoms with van der Waals surface area (Å²) in [5.74, 6) is 0.515. The highest BCUT2D eigenvalue weighted by molar-refractivity contribution is 7.99. The van der Waals surface area contributed by atoms with E-state index in [0.29, 0.717) is 11.1 Å². The molecule has 4 aromatic rings. The van der Waals surface area contributed by atoms with Crippen LogP contribution in [-0.4, -0.2) is 15.2 Å². The van der Waals surface area contributed by atoms with Gasteiger partial charge < -0.3 is 9.40 Å². The number of aromatic nitrogens is 3. The number of hydrogen-bond donors (Lipinski definition) is 1. The molecular weight excluding hydrogens is 342 g/mol. The van der Waals surface area contributed by atoms with Crippen molar-refractivity contribution in [1.29, 1.82) is 0 Å². The summed E-state index contributed by atoms with van der Waals surface area (Å²) in [6.07, 6.45) is 1.89. The van der Waals surface area contributed by atoms with Gasteiger partial charge in [0.2, 0.25) is 0 Å². The van der Waals surface area contributed by atoms with Crippen molar-refractivity contribution >= 4 is 34.3 Å². The van der Waals surface area contributed by atoms with Crippen molar-refractivity contribution < 1.29 is 4.42 Å². The number of nitrogens with one attached hydrogen (secondary N) is 1. The molecule has 0 bridgehead atoms. The van der Waals surface area contributed by atoms with Crippen molar-refractivity contribution in [1.82, 2.24) is 15.2 Å². The molecule has 0 saturated carbocycles. The Bertz CT molecular complexity index is 995. The molecule has 2 aromatic carbocycles. The molecule has 0 fully saturated rings. The van der Waals surface area contributed by atoms with Crippen LogP contribution in [0, 0.1) is 0 Å². The molecular formula is C18H14ClN3OS. The summed E-state index contributed by atoms with van der Waals surface area (Å²) in [4.78, 5) is 3.22. The van der Waals surface area contributed by atoms with Crippen molar-refractivity contribution in [2.24, 2.45) is 0 Å². The maximum Gasteiger partial charge on any atom is 0.277 e. The lowest BCUT2D eigenvalue weighted by atomic mass is 10.2. The third-order valence-electron chi connectivity index (χ3n) is 3.85. The quantitative estimate of drug-likeness (QED) is 0.475. The van der Waals surface area contributed by atoms with Gasteiger partial charge in [0, 0.05) is 27.4 Å². The molecule has 1 N–H and O–H groups in total. The molecule has 1 atom stereocenters. The summed E-state index contributed by atoms with van der Waals surface area (Å²) in [6, 6.07) is 15.8. The van der Waals surface area contributed by atoms with Crippen LogP contribution in [-0.2, 0) is 0 Å². The maximum absolute atomic E-state index is 6.25. The molecule has 120 valence electrons. The number of hydrogen-bond acceptors (Lipinski definition) is 4. The summed E-state index contributed by atoms with van der Waals surface area (Å²) in [6.45, 7) is 2.07. The number of halogens is 1. The monoisotopic (exact) mass is 355 g/mol. The lowest BCUT2D eigenvalue weighted by Crippen LogP contribution is -1.89. The van der Waals surface area contributed by atoms with E-state index in [1.54, 1.807) is 0 Å². The van der Waals surface area contributed by atoms with E-state index in [9.17, 15) is 0 Å². The van der Waals surface area contributed by atoms with Crippen LogP contribution in [0.1, 0.15) is 17.7 Å². The Balaban J connectivity index is 1.60. The third-order valence-corrected chi connectivity index (χ3v) is 5.17. The Morgan fingerprint density at radius 2 is 1.88 bits per heavy atom. The molecule has 24 heavy (non-hydrogen) atoms. The molecule has 2 aromatic heterocycles. The molecule has 0 aliphatic rings. The number of nitrogens with zero attached hydrogens (tertiary/aromatic N) is 2. The molecule has 0 amide bonds. The Kier molecular flexibility index (Phi) is 4.04. The SMILES string of the molecule is CC(Sc1nnc(-c2c[nH]c3ccccc23)o1)c1ccccc1Cl. The van der Waals surface area contributed by atoms with Crippen molar-refractivity contribution in [2.75, 3.05) is 0 Å². The minimum atomic E-state index is 0.120.